The molecule has 0 spiro atoms. The van der Waals surface area contributed by atoms with E-state index in [0.29, 0.717) is 17.9 Å². The van der Waals surface area contributed by atoms with E-state index in [9.17, 15) is 14.4 Å². The molecular formula is C14H15NO5S. The van der Waals surface area contributed by atoms with E-state index in [0.717, 1.165) is 17.0 Å². The molecule has 0 aliphatic heterocycles. The number of rotatable bonds is 7. The van der Waals surface area contributed by atoms with Gasteiger partial charge in [0.1, 0.15) is 0 Å². The third-order valence-corrected chi connectivity index (χ3v) is 3.32. The van der Waals surface area contributed by atoms with Crippen molar-refractivity contribution in [3.63, 3.8) is 0 Å². The fourth-order valence-corrected chi connectivity index (χ4v) is 2.15. The highest BCUT2D eigenvalue weighted by Crippen LogP contribution is 2.21. The number of esters is 1. The first kappa shape index (κ1) is 16.8. The van der Waals surface area contributed by atoms with Crippen molar-refractivity contribution in [1.82, 2.24) is 0 Å². The Balaban J connectivity index is 2.45. The number of ether oxygens (including phenoxy) is 1. The van der Waals surface area contributed by atoms with E-state index in [2.05, 4.69) is 10.1 Å². The third kappa shape index (κ3) is 7.17. The fraction of sp³-hybridized carbons (Fsp3) is 0.214. The van der Waals surface area contributed by atoms with Crippen molar-refractivity contribution < 1.29 is 24.2 Å². The zero-order valence-electron chi connectivity index (χ0n) is 11.4. The number of nitrogens with one attached hydrogen (secondary N) is 1. The number of carbonyl (C=O) groups excluding carboxylic acids is 2. The van der Waals surface area contributed by atoms with Crippen LogP contribution in [0, 0.1) is 0 Å². The van der Waals surface area contributed by atoms with E-state index in [1.807, 2.05) is 0 Å². The second-order valence-corrected chi connectivity index (χ2v) is 5.03. The van der Waals surface area contributed by atoms with E-state index in [4.69, 9.17) is 5.11 Å². The number of methoxy groups -OCH3 is 1. The van der Waals surface area contributed by atoms with Crippen molar-refractivity contribution >= 4 is 35.3 Å². The Morgan fingerprint density at radius 1 is 1.24 bits per heavy atom. The summed E-state index contributed by atoms with van der Waals surface area (Å²) < 4.78 is 4.54. The second-order valence-electron chi connectivity index (χ2n) is 3.86. The van der Waals surface area contributed by atoms with E-state index >= 15 is 0 Å². The van der Waals surface area contributed by atoms with Crippen LogP contribution in [0.25, 0.3) is 0 Å². The van der Waals surface area contributed by atoms with Gasteiger partial charge in [0.15, 0.2) is 0 Å². The molecule has 0 radical (unpaired) electrons. The highest BCUT2D eigenvalue weighted by molar-refractivity contribution is 7.99. The monoisotopic (exact) mass is 309 g/mol. The summed E-state index contributed by atoms with van der Waals surface area (Å²) in [7, 11) is 1.35. The number of carboxylic acid groups (broad SMARTS) is 1. The molecule has 0 aromatic heterocycles. The SMILES string of the molecule is COC(=O)CCSc1ccc(NC(=O)/C=C/C(=O)O)cc1. The Kier molecular flexibility index (Phi) is 7.03. The first-order chi connectivity index (χ1) is 10.0. The van der Waals surface area contributed by atoms with Crippen LogP contribution < -0.4 is 5.32 Å². The molecule has 1 rings (SSSR count). The normalized spacial score (nSPS) is 10.3. The molecule has 2 N–H and O–H groups in total. The van der Waals surface area contributed by atoms with Crippen LogP contribution in [0.2, 0.25) is 0 Å². The van der Waals surface area contributed by atoms with Crippen molar-refractivity contribution in [3.8, 4) is 0 Å². The largest absolute Gasteiger partial charge is 0.478 e. The quantitative estimate of drug-likeness (QED) is 0.454. The van der Waals surface area contributed by atoms with Gasteiger partial charge in [0.05, 0.1) is 13.5 Å². The highest BCUT2D eigenvalue weighted by atomic mass is 32.2. The van der Waals surface area contributed by atoms with Crippen LogP contribution in [-0.2, 0) is 19.1 Å². The van der Waals surface area contributed by atoms with Crippen molar-refractivity contribution in [1.29, 1.82) is 0 Å². The van der Waals surface area contributed by atoms with Crippen LogP contribution in [-0.4, -0.2) is 35.8 Å². The first-order valence-electron chi connectivity index (χ1n) is 6.03. The minimum absolute atomic E-state index is 0.253. The molecule has 6 nitrogen and oxygen atoms in total. The van der Waals surface area contributed by atoms with Crippen LogP contribution in [0.1, 0.15) is 6.42 Å². The van der Waals surface area contributed by atoms with Gasteiger partial charge in [0.2, 0.25) is 5.91 Å². The van der Waals surface area contributed by atoms with Crippen molar-refractivity contribution in [2.75, 3.05) is 18.2 Å². The maximum atomic E-state index is 11.4. The molecule has 0 heterocycles. The molecule has 0 unspecified atom stereocenters. The van der Waals surface area contributed by atoms with Gasteiger partial charge in [0.25, 0.3) is 0 Å². The average Bonchev–Trinajstić information content (AvgIpc) is 2.46. The predicted molar refractivity (Wildman–Crippen MR) is 79.2 cm³/mol. The van der Waals surface area contributed by atoms with E-state index in [1.54, 1.807) is 24.3 Å². The molecule has 0 aliphatic carbocycles. The van der Waals surface area contributed by atoms with E-state index in [1.165, 1.54) is 18.9 Å². The number of aliphatic carboxylic acids is 1. The summed E-state index contributed by atoms with van der Waals surface area (Å²) in [5, 5.41) is 10.9. The summed E-state index contributed by atoms with van der Waals surface area (Å²) in [5.74, 6) is -1.33. The van der Waals surface area contributed by atoms with E-state index in [-0.39, 0.29) is 5.97 Å². The fourth-order valence-electron chi connectivity index (χ4n) is 1.32. The molecule has 7 heteroatoms. The maximum absolute atomic E-state index is 11.4. The summed E-state index contributed by atoms with van der Waals surface area (Å²) in [4.78, 5) is 33.5. The zero-order chi connectivity index (χ0) is 15.7. The van der Waals surface area contributed by atoms with Crippen LogP contribution in [0.3, 0.4) is 0 Å². The van der Waals surface area contributed by atoms with Crippen LogP contribution in [0.4, 0.5) is 5.69 Å². The van der Waals surface area contributed by atoms with Gasteiger partial charge in [-0.15, -0.1) is 11.8 Å². The molecule has 0 aliphatic rings. The Hall–Kier alpha value is -2.28. The molecule has 0 saturated carbocycles. The van der Waals surface area contributed by atoms with E-state index < -0.39 is 11.9 Å². The van der Waals surface area contributed by atoms with Crippen LogP contribution in [0.15, 0.2) is 41.3 Å². The lowest BCUT2D eigenvalue weighted by Gasteiger charge is -2.04. The van der Waals surface area contributed by atoms with Crippen molar-refractivity contribution in [2.45, 2.75) is 11.3 Å². The van der Waals surface area contributed by atoms with Crippen LogP contribution >= 0.6 is 11.8 Å². The van der Waals surface area contributed by atoms with Gasteiger partial charge in [-0.05, 0) is 24.3 Å². The maximum Gasteiger partial charge on any atom is 0.328 e. The minimum Gasteiger partial charge on any atom is -0.478 e. The van der Waals surface area contributed by atoms with Gasteiger partial charge in [-0.25, -0.2) is 4.79 Å². The van der Waals surface area contributed by atoms with Crippen molar-refractivity contribution in [3.05, 3.63) is 36.4 Å². The number of hydrogen-bond acceptors (Lipinski definition) is 5. The summed E-state index contributed by atoms with van der Waals surface area (Å²) >= 11 is 1.50. The summed E-state index contributed by atoms with van der Waals surface area (Å²) in [6.07, 6.45) is 2.05. The summed E-state index contributed by atoms with van der Waals surface area (Å²) in [6, 6.07) is 7.01. The smallest absolute Gasteiger partial charge is 0.328 e. The Bertz CT molecular complexity index is 539. The lowest BCUT2D eigenvalue weighted by Crippen LogP contribution is -2.08. The van der Waals surface area contributed by atoms with Gasteiger partial charge >= 0.3 is 11.9 Å². The number of benzene rings is 1. The average molecular weight is 309 g/mol. The third-order valence-electron chi connectivity index (χ3n) is 2.30. The number of carbonyl (C=O) groups is 3. The molecule has 1 aromatic carbocycles. The predicted octanol–water partition coefficient (Wildman–Crippen LogP) is 1.92. The number of anilines is 1. The molecule has 0 bridgehead atoms. The topological polar surface area (TPSA) is 92.7 Å². The number of amides is 1. The lowest BCUT2D eigenvalue weighted by atomic mass is 10.3. The van der Waals surface area contributed by atoms with Gasteiger partial charge in [-0.2, -0.15) is 0 Å². The van der Waals surface area contributed by atoms with Crippen LogP contribution in [0.5, 0.6) is 0 Å². The highest BCUT2D eigenvalue weighted by Gasteiger charge is 2.02. The van der Waals surface area contributed by atoms with Gasteiger partial charge < -0.3 is 15.2 Å². The Labute approximate surface area is 126 Å². The molecule has 1 amide bonds. The molecule has 21 heavy (non-hydrogen) atoms. The van der Waals surface area contributed by atoms with Gasteiger partial charge in [0, 0.05) is 28.5 Å². The Morgan fingerprint density at radius 3 is 2.48 bits per heavy atom. The molecular weight excluding hydrogens is 294 g/mol. The Morgan fingerprint density at radius 2 is 1.90 bits per heavy atom. The second kappa shape index (κ2) is 8.80. The minimum atomic E-state index is -1.18. The van der Waals surface area contributed by atoms with Gasteiger partial charge in [-0.3, -0.25) is 9.59 Å². The standard InChI is InChI=1S/C14H15NO5S/c1-20-14(19)8-9-21-11-4-2-10(3-5-11)15-12(16)6-7-13(17)18/h2-7H,8-9H2,1H3,(H,15,16)(H,17,18)/b7-6+. The molecule has 0 fully saturated rings. The van der Waals surface area contributed by atoms with Crippen molar-refractivity contribution in [2.24, 2.45) is 0 Å². The molecule has 1 aromatic rings. The lowest BCUT2D eigenvalue weighted by molar-refractivity contribution is -0.140. The molecule has 0 atom stereocenters. The number of carboxylic acids is 1. The summed E-state index contributed by atoms with van der Waals surface area (Å²) in [6.45, 7) is 0. The molecule has 0 saturated heterocycles. The number of hydrogen-bond donors (Lipinski definition) is 2. The molecule has 112 valence electrons. The van der Waals surface area contributed by atoms with Gasteiger partial charge in [-0.1, -0.05) is 0 Å². The summed E-state index contributed by atoms with van der Waals surface area (Å²) in [5.41, 5.74) is 0.562. The zero-order valence-corrected chi connectivity index (χ0v) is 12.2. The number of thioether (sulfide) groups is 1. The first-order valence-corrected chi connectivity index (χ1v) is 7.01.